The summed E-state index contributed by atoms with van der Waals surface area (Å²) in [4.78, 5) is 16.9. The van der Waals surface area contributed by atoms with Crippen LogP contribution in [0.2, 0.25) is 0 Å². The first-order valence-electron chi connectivity index (χ1n) is 9.74. The minimum Gasteiger partial charge on any atom is -0.497 e. The zero-order valence-corrected chi connectivity index (χ0v) is 17.9. The van der Waals surface area contributed by atoms with Crippen LogP contribution >= 0.6 is 11.3 Å². The van der Waals surface area contributed by atoms with E-state index in [4.69, 9.17) is 4.74 Å². The molecular formula is C23H27N3O2S. The normalized spacial score (nSPS) is 11.8. The third-order valence-electron chi connectivity index (χ3n) is 4.70. The van der Waals surface area contributed by atoms with Crippen LogP contribution in [0.1, 0.15) is 41.2 Å². The summed E-state index contributed by atoms with van der Waals surface area (Å²) in [6, 6.07) is 16.2. The van der Waals surface area contributed by atoms with Crippen molar-refractivity contribution in [2.45, 2.75) is 39.3 Å². The van der Waals surface area contributed by atoms with Crippen LogP contribution in [0.4, 0.5) is 5.69 Å². The van der Waals surface area contributed by atoms with Gasteiger partial charge in [0, 0.05) is 23.7 Å². The van der Waals surface area contributed by atoms with Crippen molar-refractivity contribution >= 4 is 22.9 Å². The van der Waals surface area contributed by atoms with Crippen LogP contribution in [0.25, 0.3) is 0 Å². The zero-order chi connectivity index (χ0) is 20.6. The molecule has 1 amide bonds. The number of benzene rings is 2. The molecule has 0 radical (unpaired) electrons. The second-order valence-corrected chi connectivity index (χ2v) is 7.88. The van der Waals surface area contributed by atoms with E-state index in [-0.39, 0.29) is 18.4 Å². The van der Waals surface area contributed by atoms with Crippen molar-refractivity contribution in [2.75, 3.05) is 12.4 Å². The van der Waals surface area contributed by atoms with Gasteiger partial charge in [0.2, 0.25) is 5.91 Å². The quantitative estimate of drug-likeness (QED) is 0.529. The highest BCUT2D eigenvalue weighted by atomic mass is 32.1. The fraction of sp³-hybridized carbons (Fsp3) is 0.304. The molecule has 1 aromatic heterocycles. The molecule has 1 atom stereocenters. The van der Waals surface area contributed by atoms with E-state index in [1.54, 1.807) is 7.11 Å². The SMILES string of the molecule is CCC(NCc1csc(CC(=O)Nc2ccc(C)cc2)n1)c1ccc(OC)cc1. The summed E-state index contributed by atoms with van der Waals surface area (Å²) in [5.41, 5.74) is 4.16. The van der Waals surface area contributed by atoms with E-state index < -0.39 is 0 Å². The number of carbonyl (C=O) groups is 1. The highest BCUT2D eigenvalue weighted by Crippen LogP contribution is 2.21. The lowest BCUT2D eigenvalue weighted by Crippen LogP contribution is -2.20. The molecule has 0 aliphatic heterocycles. The zero-order valence-electron chi connectivity index (χ0n) is 17.1. The summed E-state index contributed by atoms with van der Waals surface area (Å²) in [5.74, 6) is 0.809. The first-order chi connectivity index (χ1) is 14.1. The van der Waals surface area contributed by atoms with E-state index in [1.807, 2.05) is 48.7 Å². The largest absolute Gasteiger partial charge is 0.497 e. The lowest BCUT2D eigenvalue weighted by molar-refractivity contribution is -0.115. The second kappa shape index (κ2) is 10.2. The van der Waals surface area contributed by atoms with E-state index in [0.29, 0.717) is 6.54 Å². The number of aromatic nitrogens is 1. The maximum atomic E-state index is 12.3. The van der Waals surface area contributed by atoms with Gasteiger partial charge in [0.15, 0.2) is 0 Å². The van der Waals surface area contributed by atoms with Crippen LogP contribution < -0.4 is 15.4 Å². The number of rotatable bonds is 9. The van der Waals surface area contributed by atoms with Gasteiger partial charge in [-0.1, -0.05) is 36.8 Å². The van der Waals surface area contributed by atoms with E-state index in [2.05, 4.69) is 34.7 Å². The van der Waals surface area contributed by atoms with Gasteiger partial charge in [0.1, 0.15) is 10.8 Å². The van der Waals surface area contributed by atoms with Crippen molar-refractivity contribution in [3.8, 4) is 5.75 Å². The standard InChI is InChI=1S/C23H27N3O2S/c1-4-21(17-7-11-20(28-3)12-8-17)24-14-19-15-29-23(26-19)13-22(27)25-18-9-5-16(2)6-10-18/h5-12,15,21,24H,4,13-14H2,1-3H3,(H,25,27). The molecule has 2 aromatic carbocycles. The number of hydrogen-bond acceptors (Lipinski definition) is 5. The van der Waals surface area contributed by atoms with Crippen molar-refractivity contribution in [3.63, 3.8) is 0 Å². The summed E-state index contributed by atoms with van der Waals surface area (Å²) in [7, 11) is 1.67. The minimum atomic E-state index is -0.0487. The van der Waals surface area contributed by atoms with Gasteiger partial charge in [-0.2, -0.15) is 0 Å². The van der Waals surface area contributed by atoms with Crippen LogP contribution in [-0.2, 0) is 17.8 Å². The Balaban J connectivity index is 1.52. The summed E-state index contributed by atoms with van der Waals surface area (Å²) >= 11 is 1.52. The maximum Gasteiger partial charge on any atom is 0.231 e. The van der Waals surface area contributed by atoms with Crippen molar-refractivity contribution in [3.05, 3.63) is 75.7 Å². The molecule has 1 heterocycles. The Labute approximate surface area is 176 Å². The van der Waals surface area contributed by atoms with Gasteiger partial charge in [-0.3, -0.25) is 4.79 Å². The molecule has 0 saturated heterocycles. The smallest absolute Gasteiger partial charge is 0.231 e. The van der Waals surface area contributed by atoms with Crippen LogP contribution in [0.5, 0.6) is 5.75 Å². The Morgan fingerprint density at radius 2 is 1.86 bits per heavy atom. The van der Waals surface area contributed by atoms with Gasteiger partial charge < -0.3 is 15.4 Å². The summed E-state index contributed by atoms with van der Waals surface area (Å²) in [6.07, 6.45) is 1.26. The number of nitrogens with zero attached hydrogens (tertiary/aromatic N) is 1. The van der Waals surface area contributed by atoms with Crippen molar-refractivity contribution in [1.82, 2.24) is 10.3 Å². The molecule has 0 spiro atoms. The lowest BCUT2D eigenvalue weighted by atomic mass is 10.0. The predicted molar refractivity (Wildman–Crippen MR) is 118 cm³/mol. The lowest BCUT2D eigenvalue weighted by Gasteiger charge is -2.17. The molecule has 0 aliphatic rings. The van der Waals surface area contributed by atoms with Gasteiger partial charge in [-0.25, -0.2) is 4.98 Å². The Kier molecular flexibility index (Phi) is 7.38. The highest BCUT2D eigenvalue weighted by molar-refractivity contribution is 7.09. The van der Waals surface area contributed by atoms with Gasteiger partial charge in [-0.05, 0) is 43.2 Å². The maximum absolute atomic E-state index is 12.3. The molecule has 2 N–H and O–H groups in total. The molecule has 152 valence electrons. The molecule has 0 bridgehead atoms. The molecule has 0 saturated carbocycles. The summed E-state index contributed by atoms with van der Waals surface area (Å²) in [6.45, 7) is 4.85. The van der Waals surface area contributed by atoms with Crippen molar-refractivity contribution in [1.29, 1.82) is 0 Å². The Morgan fingerprint density at radius 3 is 2.52 bits per heavy atom. The molecule has 0 aliphatic carbocycles. The summed E-state index contributed by atoms with van der Waals surface area (Å²) in [5, 5.41) is 9.31. The van der Waals surface area contributed by atoms with Crippen molar-refractivity contribution < 1.29 is 9.53 Å². The number of ether oxygens (including phenoxy) is 1. The van der Waals surface area contributed by atoms with E-state index in [0.717, 1.165) is 28.6 Å². The number of methoxy groups -OCH3 is 1. The summed E-state index contributed by atoms with van der Waals surface area (Å²) < 4.78 is 5.23. The van der Waals surface area contributed by atoms with Crippen LogP contribution in [-0.4, -0.2) is 18.0 Å². The second-order valence-electron chi connectivity index (χ2n) is 6.94. The Morgan fingerprint density at radius 1 is 1.14 bits per heavy atom. The fourth-order valence-electron chi connectivity index (χ4n) is 3.05. The van der Waals surface area contributed by atoms with E-state index in [9.17, 15) is 4.79 Å². The number of hydrogen-bond donors (Lipinski definition) is 2. The number of amides is 1. The average Bonchev–Trinajstić information content (AvgIpc) is 3.17. The number of anilines is 1. The molecule has 3 rings (SSSR count). The molecule has 1 unspecified atom stereocenters. The van der Waals surface area contributed by atoms with Gasteiger partial charge in [0.05, 0.1) is 19.2 Å². The molecule has 29 heavy (non-hydrogen) atoms. The van der Waals surface area contributed by atoms with Gasteiger partial charge in [-0.15, -0.1) is 11.3 Å². The van der Waals surface area contributed by atoms with E-state index in [1.165, 1.54) is 22.5 Å². The third kappa shape index (κ3) is 6.14. The first-order valence-corrected chi connectivity index (χ1v) is 10.6. The monoisotopic (exact) mass is 409 g/mol. The topological polar surface area (TPSA) is 63.2 Å². The first kappa shape index (κ1) is 21.0. The number of nitrogens with one attached hydrogen (secondary N) is 2. The minimum absolute atomic E-state index is 0.0487. The predicted octanol–water partition coefficient (Wildman–Crippen LogP) is 4.88. The van der Waals surface area contributed by atoms with Crippen LogP contribution in [0.15, 0.2) is 53.9 Å². The van der Waals surface area contributed by atoms with Crippen LogP contribution in [0, 0.1) is 6.92 Å². The van der Waals surface area contributed by atoms with Gasteiger partial charge >= 0.3 is 0 Å². The highest BCUT2D eigenvalue weighted by Gasteiger charge is 2.12. The Hall–Kier alpha value is -2.70. The van der Waals surface area contributed by atoms with Gasteiger partial charge in [0.25, 0.3) is 0 Å². The molecule has 0 fully saturated rings. The number of aryl methyl sites for hydroxylation is 1. The van der Waals surface area contributed by atoms with E-state index >= 15 is 0 Å². The molecule has 6 heteroatoms. The fourth-order valence-corrected chi connectivity index (χ4v) is 3.85. The van der Waals surface area contributed by atoms with Crippen molar-refractivity contribution in [2.24, 2.45) is 0 Å². The molecular weight excluding hydrogens is 382 g/mol. The molecule has 3 aromatic rings. The number of carbonyl (C=O) groups excluding carboxylic acids is 1. The third-order valence-corrected chi connectivity index (χ3v) is 5.60. The molecule has 5 nitrogen and oxygen atoms in total. The number of thiazole rings is 1. The average molecular weight is 410 g/mol. The Bertz CT molecular complexity index is 920. The van der Waals surface area contributed by atoms with Crippen LogP contribution in [0.3, 0.4) is 0 Å².